The molecule has 4 unspecified atom stereocenters. The van der Waals surface area contributed by atoms with Gasteiger partial charge in [-0.1, -0.05) is 36.5 Å². The van der Waals surface area contributed by atoms with E-state index >= 15 is 0 Å². The van der Waals surface area contributed by atoms with Crippen molar-refractivity contribution in [3.05, 3.63) is 49.6 Å². The maximum absolute atomic E-state index is 12.4. The van der Waals surface area contributed by atoms with E-state index in [4.69, 9.17) is 9.47 Å². The zero-order chi connectivity index (χ0) is 17.5. The highest BCUT2D eigenvalue weighted by Crippen LogP contribution is 2.20. The van der Waals surface area contributed by atoms with Gasteiger partial charge in [0, 0.05) is 13.1 Å². The molecule has 1 aliphatic carbocycles. The average Bonchev–Trinajstić information content (AvgIpc) is 2.60. The highest BCUT2D eigenvalue weighted by molar-refractivity contribution is 5.89. The Morgan fingerprint density at radius 2 is 1.88 bits per heavy atom. The second-order valence-corrected chi connectivity index (χ2v) is 5.71. The Morgan fingerprint density at radius 3 is 2.50 bits per heavy atom. The molecule has 0 spiro atoms. The first-order valence-corrected chi connectivity index (χ1v) is 7.99. The topological polar surface area (TPSA) is 67.9 Å². The van der Waals surface area contributed by atoms with Gasteiger partial charge in [-0.05, 0) is 6.92 Å². The summed E-state index contributed by atoms with van der Waals surface area (Å²) >= 11 is 0. The Hall–Kier alpha value is -2.18. The summed E-state index contributed by atoms with van der Waals surface area (Å²) in [5.74, 6) is -0.548. The fraction of sp³-hybridized carbons (Fsp3) is 0.444. The number of rotatable bonds is 7. The maximum atomic E-state index is 12.4. The predicted molar refractivity (Wildman–Crippen MR) is 91.3 cm³/mol. The first kappa shape index (κ1) is 18.2. The molecule has 6 nitrogen and oxygen atoms in total. The summed E-state index contributed by atoms with van der Waals surface area (Å²) in [6.07, 6.45) is 9.61. The summed E-state index contributed by atoms with van der Waals surface area (Å²) in [7, 11) is 0. The van der Waals surface area contributed by atoms with Crippen LogP contribution in [0.5, 0.6) is 0 Å². The molecular weight excluding hydrogens is 308 g/mol. The van der Waals surface area contributed by atoms with Crippen molar-refractivity contribution >= 4 is 11.8 Å². The molecule has 1 fully saturated rings. The number of hydrogen-bond donors (Lipinski definition) is 1. The Bertz CT molecular complexity index is 545. The fourth-order valence-electron chi connectivity index (χ4n) is 2.61. The van der Waals surface area contributed by atoms with E-state index in [1.807, 2.05) is 24.3 Å². The lowest BCUT2D eigenvalue weighted by atomic mass is 10.1. The standard InChI is InChI=1S/C18H24N2O4/c1-4-10-20(11-5-2)18(22)13(3)19-17(21)16-12-23-14-8-6-7-9-15(14)24-16/h4-9,13-16H,1-2,10-12H2,3H3,(H,19,21). The second kappa shape index (κ2) is 8.61. The molecular formula is C18H24N2O4. The minimum Gasteiger partial charge on any atom is -0.368 e. The van der Waals surface area contributed by atoms with Gasteiger partial charge >= 0.3 is 0 Å². The van der Waals surface area contributed by atoms with Crippen LogP contribution in [0, 0.1) is 0 Å². The SMILES string of the molecule is C=CCN(CC=C)C(=O)C(C)NC(=O)C1COC2C=CC=CC2O1. The lowest BCUT2D eigenvalue weighted by molar-refractivity contribution is -0.169. The number of carbonyl (C=O) groups excluding carboxylic acids is 2. The van der Waals surface area contributed by atoms with E-state index < -0.39 is 12.1 Å². The number of nitrogens with zero attached hydrogens (tertiary/aromatic N) is 1. The van der Waals surface area contributed by atoms with Crippen LogP contribution in [0.25, 0.3) is 0 Å². The number of carbonyl (C=O) groups is 2. The Labute approximate surface area is 142 Å². The van der Waals surface area contributed by atoms with E-state index in [1.54, 1.807) is 24.0 Å². The van der Waals surface area contributed by atoms with Crippen LogP contribution in [0.2, 0.25) is 0 Å². The number of ether oxygens (including phenoxy) is 2. The molecule has 0 bridgehead atoms. The molecule has 0 aromatic carbocycles. The molecule has 0 aromatic heterocycles. The summed E-state index contributed by atoms with van der Waals surface area (Å²) in [6, 6.07) is -0.666. The van der Waals surface area contributed by atoms with Crippen LogP contribution in [-0.4, -0.2) is 60.8 Å². The zero-order valence-electron chi connectivity index (χ0n) is 13.9. The second-order valence-electron chi connectivity index (χ2n) is 5.71. The van der Waals surface area contributed by atoms with Crippen molar-refractivity contribution in [2.45, 2.75) is 31.3 Å². The van der Waals surface area contributed by atoms with Gasteiger partial charge in [0.2, 0.25) is 5.91 Å². The van der Waals surface area contributed by atoms with Crippen molar-refractivity contribution in [3.8, 4) is 0 Å². The molecule has 4 atom stereocenters. The van der Waals surface area contributed by atoms with E-state index in [9.17, 15) is 9.59 Å². The average molecular weight is 332 g/mol. The van der Waals surface area contributed by atoms with Crippen LogP contribution in [0.3, 0.4) is 0 Å². The molecule has 0 aromatic rings. The van der Waals surface area contributed by atoms with E-state index in [0.717, 1.165) is 0 Å². The molecule has 6 heteroatoms. The quantitative estimate of drug-likeness (QED) is 0.706. The third kappa shape index (κ3) is 4.43. The van der Waals surface area contributed by atoms with E-state index in [1.165, 1.54) is 0 Å². The first-order chi connectivity index (χ1) is 11.6. The Kier molecular flexibility index (Phi) is 6.52. The van der Waals surface area contributed by atoms with Gasteiger partial charge < -0.3 is 19.7 Å². The molecule has 1 saturated heterocycles. The third-order valence-electron chi connectivity index (χ3n) is 3.83. The van der Waals surface area contributed by atoms with Gasteiger partial charge in [-0.2, -0.15) is 0 Å². The van der Waals surface area contributed by atoms with Crippen LogP contribution in [0.15, 0.2) is 49.6 Å². The smallest absolute Gasteiger partial charge is 0.252 e. The third-order valence-corrected chi connectivity index (χ3v) is 3.83. The lowest BCUT2D eigenvalue weighted by Crippen LogP contribution is -2.54. The van der Waals surface area contributed by atoms with E-state index in [0.29, 0.717) is 13.1 Å². The van der Waals surface area contributed by atoms with Gasteiger partial charge in [-0.25, -0.2) is 0 Å². The van der Waals surface area contributed by atoms with Gasteiger partial charge in [-0.3, -0.25) is 9.59 Å². The van der Waals surface area contributed by atoms with Crippen molar-refractivity contribution in [2.24, 2.45) is 0 Å². The summed E-state index contributed by atoms with van der Waals surface area (Å²) < 4.78 is 11.4. The largest absolute Gasteiger partial charge is 0.368 e. The van der Waals surface area contributed by atoms with Crippen molar-refractivity contribution in [2.75, 3.05) is 19.7 Å². The fourth-order valence-corrected chi connectivity index (χ4v) is 2.61. The molecule has 0 saturated carbocycles. The van der Waals surface area contributed by atoms with Gasteiger partial charge in [0.1, 0.15) is 18.2 Å². The predicted octanol–water partition coefficient (Wildman–Crippen LogP) is 0.970. The number of fused-ring (bicyclic) bond motifs is 1. The Balaban J connectivity index is 1.89. The minimum atomic E-state index is -0.732. The highest BCUT2D eigenvalue weighted by atomic mass is 16.6. The monoisotopic (exact) mass is 332 g/mol. The van der Waals surface area contributed by atoms with Gasteiger partial charge in [0.25, 0.3) is 5.91 Å². The van der Waals surface area contributed by atoms with Gasteiger partial charge in [0.05, 0.1) is 6.61 Å². The van der Waals surface area contributed by atoms with Gasteiger partial charge in [0.15, 0.2) is 6.10 Å². The van der Waals surface area contributed by atoms with Crippen LogP contribution in [-0.2, 0) is 19.1 Å². The molecule has 1 N–H and O–H groups in total. The van der Waals surface area contributed by atoms with Crippen molar-refractivity contribution in [1.29, 1.82) is 0 Å². The van der Waals surface area contributed by atoms with Crippen molar-refractivity contribution < 1.29 is 19.1 Å². The zero-order valence-corrected chi connectivity index (χ0v) is 13.9. The summed E-state index contributed by atoms with van der Waals surface area (Å²) in [5, 5.41) is 2.70. The van der Waals surface area contributed by atoms with E-state index in [2.05, 4.69) is 18.5 Å². The normalized spacial score (nSPS) is 26.1. The summed E-state index contributed by atoms with van der Waals surface area (Å²) in [4.78, 5) is 26.3. The number of allylic oxidation sites excluding steroid dienone is 2. The minimum absolute atomic E-state index is 0.159. The lowest BCUT2D eigenvalue weighted by Gasteiger charge is -2.34. The summed E-state index contributed by atoms with van der Waals surface area (Å²) in [6.45, 7) is 9.87. The Morgan fingerprint density at radius 1 is 1.25 bits per heavy atom. The van der Waals surface area contributed by atoms with Crippen LogP contribution < -0.4 is 5.32 Å². The van der Waals surface area contributed by atoms with E-state index in [-0.39, 0.29) is 30.6 Å². The molecule has 2 aliphatic rings. The van der Waals surface area contributed by atoms with Crippen LogP contribution in [0.4, 0.5) is 0 Å². The number of amides is 2. The van der Waals surface area contributed by atoms with Crippen molar-refractivity contribution in [3.63, 3.8) is 0 Å². The maximum Gasteiger partial charge on any atom is 0.252 e. The number of hydrogen-bond acceptors (Lipinski definition) is 4. The van der Waals surface area contributed by atoms with Crippen LogP contribution in [0.1, 0.15) is 6.92 Å². The molecule has 0 radical (unpaired) electrons. The first-order valence-electron chi connectivity index (χ1n) is 7.99. The van der Waals surface area contributed by atoms with Crippen LogP contribution >= 0.6 is 0 Å². The molecule has 1 aliphatic heterocycles. The summed E-state index contributed by atoms with van der Waals surface area (Å²) in [5.41, 5.74) is 0. The van der Waals surface area contributed by atoms with Gasteiger partial charge in [-0.15, -0.1) is 13.2 Å². The molecule has 130 valence electrons. The molecule has 2 rings (SSSR count). The molecule has 2 amide bonds. The molecule has 1 heterocycles. The highest BCUT2D eigenvalue weighted by Gasteiger charge is 2.35. The number of nitrogens with one attached hydrogen (secondary N) is 1. The molecule has 24 heavy (non-hydrogen) atoms. The van der Waals surface area contributed by atoms with Crippen molar-refractivity contribution in [1.82, 2.24) is 10.2 Å².